The molecule has 0 aromatic carbocycles. The predicted molar refractivity (Wildman–Crippen MR) is 162 cm³/mol. The van der Waals surface area contributed by atoms with E-state index in [1.807, 2.05) is 0 Å². The molecular weight excluding hydrogens is 502 g/mol. The smallest absolute Gasteiger partial charge is 0.0637 e. The van der Waals surface area contributed by atoms with Gasteiger partial charge < -0.3 is 36.5 Å². The first-order valence-electron chi connectivity index (χ1n) is 16.9. The van der Waals surface area contributed by atoms with Crippen LogP contribution in [0.4, 0.5) is 0 Å². The first kappa shape index (κ1) is 32.6. The summed E-state index contributed by atoms with van der Waals surface area (Å²) in [4.78, 5) is 0. The topological polar surface area (TPSA) is 126 Å². The minimum absolute atomic E-state index is 0.131. The molecule has 0 aromatic rings. The van der Waals surface area contributed by atoms with E-state index in [0.717, 1.165) is 77.6 Å². The van der Waals surface area contributed by atoms with Crippen molar-refractivity contribution in [1.82, 2.24) is 0 Å². The SMILES string of the molecule is C[C@H](CCCO)[C@H]1CC[C@H]2[C@@H]3[C@H](OCCCN)C[C@@H]4CC(OCCCN)CC[C@]4(C)[C@H]3C[C@H](OCCCN)[C@]12C. The number of fused-ring (bicyclic) bond motifs is 5. The second kappa shape index (κ2) is 14.9. The van der Waals surface area contributed by atoms with Crippen molar-refractivity contribution in [2.75, 3.05) is 46.1 Å². The number of aliphatic hydroxyl groups is 1. The number of aliphatic hydroxyl groups excluding tert-OH is 1. The van der Waals surface area contributed by atoms with Gasteiger partial charge in [0.05, 0.1) is 18.3 Å². The van der Waals surface area contributed by atoms with Crippen LogP contribution in [-0.4, -0.2) is 69.5 Å². The number of ether oxygens (including phenoxy) is 3. The van der Waals surface area contributed by atoms with E-state index >= 15 is 0 Å². The highest BCUT2D eigenvalue weighted by atomic mass is 16.5. The lowest BCUT2D eigenvalue weighted by Crippen LogP contribution is -2.63. The van der Waals surface area contributed by atoms with Crippen LogP contribution in [0.1, 0.15) is 97.8 Å². The van der Waals surface area contributed by atoms with Gasteiger partial charge in [-0.05, 0) is 138 Å². The Labute approximate surface area is 245 Å². The Balaban J connectivity index is 1.64. The van der Waals surface area contributed by atoms with Crippen molar-refractivity contribution in [1.29, 1.82) is 0 Å². The van der Waals surface area contributed by atoms with E-state index in [9.17, 15) is 5.11 Å². The van der Waals surface area contributed by atoms with E-state index < -0.39 is 0 Å². The van der Waals surface area contributed by atoms with Crippen molar-refractivity contribution >= 4 is 0 Å². The van der Waals surface area contributed by atoms with Gasteiger partial charge in [-0.25, -0.2) is 0 Å². The summed E-state index contributed by atoms with van der Waals surface area (Å²) in [6, 6.07) is 0. The van der Waals surface area contributed by atoms with Crippen molar-refractivity contribution in [2.24, 2.45) is 63.5 Å². The van der Waals surface area contributed by atoms with Gasteiger partial charge in [0.15, 0.2) is 0 Å². The van der Waals surface area contributed by atoms with Gasteiger partial charge >= 0.3 is 0 Å². The summed E-state index contributed by atoms with van der Waals surface area (Å²) in [5, 5.41) is 9.58. The van der Waals surface area contributed by atoms with Crippen LogP contribution >= 0.6 is 0 Å². The molecule has 0 radical (unpaired) electrons. The molecule has 234 valence electrons. The quantitative estimate of drug-likeness (QED) is 0.203. The van der Waals surface area contributed by atoms with Crippen molar-refractivity contribution in [3.05, 3.63) is 0 Å². The third kappa shape index (κ3) is 6.61. The molecule has 0 spiro atoms. The number of rotatable bonds is 16. The Morgan fingerprint density at radius 1 is 0.800 bits per heavy atom. The van der Waals surface area contributed by atoms with Crippen LogP contribution in [0, 0.1) is 46.3 Å². The standard InChI is InChI=1S/C33H63N3O4/c1-23(8-4-16-37)26-9-10-27-31-28(22-30(33(26,27)3)40-19-7-15-36)32(2)12-11-25(38-17-5-13-34)20-24(32)21-29(31)39-18-6-14-35/h23-31,37H,4-22,34-36H2,1-3H3/t23-,24+,25?,26-,27+,28+,29-,30+,31+,32+,33-/m1/s1. The zero-order chi connectivity index (χ0) is 28.8. The minimum Gasteiger partial charge on any atom is -0.396 e. The highest BCUT2D eigenvalue weighted by Crippen LogP contribution is 2.69. The molecule has 4 aliphatic rings. The van der Waals surface area contributed by atoms with E-state index in [1.165, 1.54) is 19.3 Å². The Hall–Kier alpha value is -0.280. The lowest BCUT2D eigenvalue weighted by Gasteiger charge is -2.65. The molecule has 0 aromatic heterocycles. The highest BCUT2D eigenvalue weighted by molar-refractivity contribution is 5.15. The molecule has 7 heteroatoms. The zero-order valence-corrected chi connectivity index (χ0v) is 26.0. The molecule has 40 heavy (non-hydrogen) atoms. The summed E-state index contributed by atoms with van der Waals surface area (Å²) in [5.41, 5.74) is 18.0. The number of hydrogen-bond acceptors (Lipinski definition) is 7. The van der Waals surface area contributed by atoms with Gasteiger partial charge in [0.1, 0.15) is 0 Å². The van der Waals surface area contributed by atoms with Crippen LogP contribution in [0.25, 0.3) is 0 Å². The summed E-state index contributed by atoms with van der Waals surface area (Å²) in [6.07, 6.45) is 14.0. The molecule has 7 N–H and O–H groups in total. The summed E-state index contributed by atoms with van der Waals surface area (Å²) in [5.74, 6) is 3.60. The van der Waals surface area contributed by atoms with Gasteiger partial charge in [-0.3, -0.25) is 0 Å². The molecule has 0 amide bonds. The van der Waals surface area contributed by atoms with Crippen LogP contribution in [0.3, 0.4) is 0 Å². The highest BCUT2D eigenvalue weighted by Gasteiger charge is 2.66. The van der Waals surface area contributed by atoms with Crippen LogP contribution in [0.2, 0.25) is 0 Å². The van der Waals surface area contributed by atoms with Crippen LogP contribution in [-0.2, 0) is 14.2 Å². The lowest BCUT2D eigenvalue weighted by atomic mass is 9.43. The van der Waals surface area contributed by atoms with Gasteiger partial charge in [-0.2, -0.15) is 0 Å². The molecule has 4 saturated carbocycles. The number of nitrogens with two attached hydrogens (primary N) is 3. The van der Waals surface area contributed by atoms with Gasteiger partial charge in [-0.15, -0.1) is 0 Å². The van der Waals surface area contributed by atoms with Gasteiger partial charge in [0.2, 0.25) is 0 Å². The first-order chi connectivity index (χ1) is 19.3. The monoisotopic (exact) mass is 565 g/mol. The van der Waals surface area contributed by atoms with Crippen LogP contribution in [0.5, 0.6) is 0 Å². The fourth-order valence-corrected chi connectivity index (χ4v) is 10.2. The van der Waals surface area contributed by atoms with Gasteiger partial charge in [0, 0.05) is 31.8 Å². The molecule has 0 saturated heterocycles. The Bertz CT molecular complexity index is 757. The Kier molecular flexibility index (Phi) is 12.2. The maximum atomic E-state index is 9.58. The maximum absolute atomic E-state index is 9.58. The normalized spacial score (nSPS) is 41.8. The fraction of sp³-hybridized carbons (Fsp3) is 1.00. The summed E-state index contributed by atoms with van der Waals surface area (Å²) < 4.78 is 20.1. The van der Waals surface area contributed by atoms with Gasteiger partial charge in [-0.1, -0.05) is 20.8 Å². The molecule has 0 aliphatic heterocycles. The fourth-order valence-electron chi connectivity index (χ4n) is 10.2. The first-order valence-corrected chi connectivity index (χ1v) is 16.9. The van der Waals surface area contributed by atoms with E-state index in [-0.39, 0.29) is 18.1 Å². The molecular formula is C33H63N3O4. The maximum Gasteiger partial charge on any atom is 0.0637 e. The average molecular weight is 566 g/mol. The third-order valence-corrected chi connectivity index (χ3v) is 12.3. The van der Waals surface area contributed by atoms with Crippen molar-refractivity contribution in [3.63, 3.8) is 0 Å². The van der Waals surface area contributed by atoms with E-state index in [0.29, 0.717) is 72.8 Å². The van der Waals surface area contributed by atoms with Crippen molar-refractivity contribution in [2.45, 2.75) is 116 Å². The summed E-state index contributed by atoms with van der Waals surface area (Å²) >= 11 is 0. The Morgan fingerprint density at radius 3 is 2.15 bits per heavy atom. The predicted octanol–water partition coefficient (Wildman–Crippen LogP) is 4.48. The van der Waals surface area contributed by atoms with Crippen LogP contribution in [0.15, 0.2) is 0 Å². The molecule has 11 atom stereocenters. The molecule has 4 aliphatic carbocycles. The van der Waals surface area contributed by atoms with E-state index in [1.54, 1.807) is 0 Å². The molecule has 0 heterocycles. The van der Waals surface area contributed by atoms with Crippen molar-refractivity contribution in [3.8, 4) is 0 Å². The van der Waals surface area contributed by atoms with Crippen LogP contribution < -0.4 is 17.2 Å². The number of hydrogen-bond donors (Lipinski definition) is 4. The molecule has 0 bridgehead atoms. The lowest BCUT2D eigenvalue weighted by molar-refractivity contribution is -0.227. The van der Waals surface area contributed by atoms with Gasteiger partial charge in [0.25, 0.3) is 0 Å². The molecule has 7 nitrogen and oxygen atoms in total. The Morgan fingerprint density at radius 2 is 1.48 bits per heavy atom. The largest absolute Gasteiger partial charge is 0.396 e. The minimum atomic E-state index is 0.131. The van der Waals surface area contributed by atoms with Crippen molar-refractivity contribution < 1.29 is 19.3 Å². The molecule has 1 unspecified atom stereocenters. The molecule has 4 rings (SSSR count). The van der Waals surface area contributed by atoms with E-state index in [2.05, 4.69) is 20.8 Å². The van der Waals surface area contributed by atoms with E-state index in [4.69, 9.17) is 31.4 Å². The average Bonchev–Trinajstić information content (AvgIpc) is 3.31. The second-order valence-electron chi connectivity index (χ2n) is 14.3. The summed E-state index contributed by atoms with van der Waals surface area (Å²) in [7, 11) is 0. The second-order valence-corrected chi connectivity index (χ2v) is 14.3. The summed E-state index contributed by atoms with van der Waals surface area (Å²) in [6.45, 7) is 12.2. The zero-order valence-electron chi connectivity index (χ0n) is 26.0. The molecule has 4 fully saturated rings. The third-order valence-electron chi connectivity index (χ3n) is 12.3.